The summed E-state index contributed by atoms with van der Waals surface area (Å²) in [5.41, 5.74) is 0. The largest absolute Gasteiger partial charge is 0.612 e. The van der Waals surface area contributed by atoms with Gasteiger partial charge in [-0.3, -0.25) is 0 Å². The lowest BCUT2D eigenvalue weighted by atomic mass is 10.4. The molecule has 0 aromatic rings. The van der Waals surface area contributed by atoms with Gasteiger partial charge >= 0.3 is 0 Å². The van der Waals surface area contributed by atoms with Crippen molar-refractivity contribution in [2.75, 3.05) is 5.75 Å². The molecule has 0 fully saturated rings. The molecule has 0 aromatic carbocycles. The van der Waals surface area contributed by atoms with Crippen molar-refractivity contribution in [1.29, 1.82) is 0 Å². The molecule has 0 saturated heterocycles. The van der Waals surface area contributed by atoms with E-state index in [9.17, 15) is 4.55 Å². The van der Waals surface area contributed by atoms with Crippen molar-refractivity contribution in [2.45, 2.75) is 6.42 Å². The minimum atomic E-state index is -0.701. The molecule has 1 atom stereocenters. The van der Waals surface area contributed by atoms with Crippen molar-refractivity contribution in [1.82, 2.24) is 0 Å². The third-order valence-electron chi connectivity index (χ3n) is 0.963. The highest BCUT2D eigenvalue weighted by Crippen LogP contribution is 2.01. The maximum absolute atomic E-state index is 10.7. The Balaban J connectivity index is 2.46. The molecule has 0 aromatic heterocycles. The Hall–Kier alpha value is -0.210. The molecule has 0 N–H and O–H groups in total. The number of rotatable bonds is 0. The standard InChI is InChI=1S/C6H8OS/c7-8-5-3-1-2-4-6-8/h1-3,5H,4,6H2. The second-order valence-electron chi connectivity index (χ2n) is 1.63. The van der Waals surface area contributed by atoms with Crippen LogP contribution < -0.4 is 0 Å². The quantitative estimate of drug-likeness (QED) is 0.450. The lowest BCUT2D eigenvalue weighted by Crippen LogP contribution is -1.98. The third kappa shape index (κ3) is 1.72. The van der Waals surface area contributed by atoms with E-state index < -0.39 is 11.2 Å². The minimum Gasteiger partial charge on any atom is -0.612 e. The van der Waals surface area contributed by atoms with Crippen LogP contribution in [0.5, 0.6) is 0 Å². The van der Waals surface area contributed by atoms with E-state index in [1.807, 2.05) is 18.2 Å². The number of hydrogen-bond acceptors (Lipinski definition) is 1. The zero-order valence-electron chi connectivity index (χ0n) is 4.54. The monoisotopic (exact) mass is 128 g/mol. The third-order valence-corrected chi connectivity index (χ3v) is 2.06. The summed E-state index contributed by atoms with van der Waals surface area (Å²) in [5, 5.41) is 1.73. The molecule has 0 amide bonds. The summed E-state index contributed by atoms with van der Waals surface area (Å²) in [5.74, 6) is 0.785. The van der Waals surface area contributed by atoms with Gasteiger partial charge in [0, 0.05) is 6.42 Å². The normalized spacial score (nSPS) is 27.9. The van der Waals surface area contributed by atoms with Crippen molar-refractivity contribution in [3.8, 4) is 0 Å². The van der Waals surface area contributed by atoms with E-state index in [1.54, 1.807) is 5.41 Å². The Labute approximate surface area is 52.3 Å². The van der Waals surface area contributed by atoms with Gasteiger partial charge in [0.1, 0.15) is 11.2 Å². The topological polar surface area (TPSA) is 23.1 Å². The lowest BCUT2D eigenvalue weighted by molar-refractivity contribution is 0.603. The molecule has 0 saturated carbocycles. The van der Waals surface area contributed by atoms with Gasteiger partial charge in [0.2, 0.25) is 0 Å². The average Bonchev–Trinajstić information content (AvgIpc) is 1.94. The molecular weight excluding hydrogens is 120 g/mol. The zero-order chi connectivity index (χ0) is 5.82. The smallest absolute Gasteiger partial charge is 0.116 e. The van der Waals surface area contributed by atoms with Crippen molar-refractivity contribution >= 4 is 11.2 Å². The summed E-state index contributed by atoms with van der Waals surface area (Å²) < 4.78 is 10.7. The van der Waals surface area contributed by atoms with E-state index in [4.69, 9.17) is 0 Å². The molecular formula is C6H8OS. The van der Waals surface area contributed by atoms with E-state index in [1.165, 1.54) is 0 Å². The van der Waals surface area contributed by atoms with Gasteiger partial charge in [-0.1, -0.05) is 12.2 Å². The van der Waals surface area contributed by atoms with Crippen LogP contribution in [0.4, 0.5) is 0 Å². The van der Waals surface area contributed by atoms with Crippen LogP contribution in [0.25, 0.3) is 0 Å². The summed E-state index contributed by atoms with van der Waals surface area (Å²) in [6.45, 7) is 0. The van der Waals surface area contributed by atoms with Crippen LogP contribution in [0.1, 0.15) is 6.42 Å². The van der Waals surface area contributed by atoms with Gasteiger partial charge in [0.25, 0.3) is 0 Å². The van der Waals surface area contributed by atoms with Crippen LogP contribution in [-0.2, 0) is 11.2 Å². The van der Waals surface area contributed by atoms with Gasteiger partial charge in [-0.05, 0) is 17.3 Å². The fourth-order valence-electron chi connectivity index (χ4n) is 0.560. The predicted molar refractivity (Wildman–Crippen MR) is 35.9 cm³/mol. The minimum absolute atomic E-state index is 0.701. The molecule has 1 nitrogen and oxygen atoms in total. The Morgan fingerprint density at radius 2 is 2.25 bits per heavy atom. The molecule has 0 bridgehead atoms. The molecule has 44 valence electrons. The second kappa shape index (κ2) is 2.95. The van der Waals surface area contributed by atoms with Crippen LogP contribution in [-0.4, -0.2) is 10.3 Å². The van der Waals surface area contributed by atoms with E-state index in [-0.39, 0.29) is 0 Å². The SMILES string of the molecule is [O-][S+]1C=CC=CCC1. The first kappa shape index (κ1) is 5.92. The highest BCUT2D eigenvalue weighted by molar-refractivity contribution is 7.94. The zero-order valence-corrected chi connectivity index (χ0v) is 5.36. The van der Waals surface area contributed by atoms with Crippen LogP contribution in [0.2, 0.25) is 0 Å². The van der Waals surface area contributed by atoms with Gasteiger partial charge in [0.05, 0.1) is 0 Å². The van der Waals surface area contributed by atoms with Crippen LogP contribution in [0.3, 0.4) is 0 Å². The van der Waals surface area contributed by atoms with Gasteiger partial charge in [-0.15, -0.1) is 0 Å². The first-order valence-electron chi connectivity index (χ1n) is 2.60. The van der Waals surface area contributed by atoms with Crippen molar-refractivity contribution in [3.63, 3.8) is 0 Å². The summed E-state index contributed by atoms with van der Waals surface area (Å²) in [6, 6.07) is 0. The predicted octanol–water partition coefficient (Wildman–Crippen LogP) is 1.21. The first-order chi connectivity index (χ1) is 3.89. The fourth-order valence-corrected chi connectivity index (χ4v) is 1.33. The Morgan fingerprint density at radius 1 is 1.38 bits per heavy atom. The molecule has 8 heavy (non-hydrogen) atoms. The van der Waals surface area contributed by atoms with Crippen molar-refractivity contribution in [3.05, 3.63) is 23.6 Å². The van der Waals surface area contributed by atoms with Crippen LogP contribution in [0, 0.1) is 0 Å². The molecule has 1 aliphatic heterocycles. The van der Waals surface area contributed by atoms with Crippen LogP contribution >= 0.6 is 0 Å². The van der Waals surface area contributed by atoms with Gasteiger partial charge in [-0.25, -0.2) is 0 Å². The summed E-state index contributed by atoms with van der Waals surface area (Å²) >= 11 is -0.701. The summed E-state index contributed by atoms with van der Waals surface area (Å²) in [4.78, 5) is 0. The molecule has 0 aliphatic carbocycles. The molecule has 0 spiro atoms. The Bertz CT molecular complexity index is 118. The van der Waals surface area contributed by atoms with E-state index >= 15 is 0 Å². The molecule has 1 aliphatic rings. The lowest BCUT2D eigenvalue weighted by Gasteiger charge is -1.99. The fraction of sp³-hybridized carbons (Fsp3) is 0.333. The van der Waals surface area contributed by atoms with Crippen molar-refractivity contribution < 1.29 is 4.55 Å². The highest BCUT2D eigenvalue weighted by Gasteiger charge is 1.98. The van der Waals surface area contributed by atoms with Crippen LogP contribution in [0.15, 0.2) is 23.6 Å². The first-order valence-corrected chi connectivity index (χ1v) is 3.98. The number of hydrogen-bond donors (Lipinski definition) is 0. The van der Waals surface area contributed by atoms with Crippen molar-refractivity contribution in [2.24, 2.45) is 0 Å². The van der Waals surface area contributed by atoms with E-state index in [2.05, 4.69) is 0 Å². The maximum Gasteiger partial charge on any atom is 0.116 e. The average molecular weight is 128 g/mol. The number of allylic oxidation sites excluding steroid dienone is 3. The van der Waals surface area contributed by atoms with Gasteiger partial charge in [-0.2, -0.15) is 0 Å². The second-order valence-corrected chi connectivity index (χ2v) is 3.07. The molecule has 1 unspecified atom stereocenters. The Kier molecular flexibility index (Phi) is 2.18. The van der Waals surface area contributed by atoms with E-state index in [0.717, 1.165) is 12.2 Å². The molecule has 1 rings (SSSR count). The molecule has 1 heterocycles. The molecule has 0 radical (unpaired) electrons. The highest BCUT2D eigenvalue weighted by atomic mass is 32.2. The van der Waals surface area contributed by atoms with Gasteiger partial charge in [0.15, 0.2) is 0 Å². The Morgan fingerprint density at radius 3 is 3.12 bits per heavy atom. The summed E-state index contributed by atoms with van der Waals surface area (Å²) in [7, 11) is 0. The maximum atomic E-state index is 10.7. The van der Waals surface area contributed by atoms with E-state index in [0.29, 0.717) is 0 Å². The van der Waals surface area contributed by atoms with Gasteiger partial charge < -0.3 is 4.55 Å². The summed E-state index contributed by atoms with van der Waals surface area (Å²) in [6.07, 6.45) is 6.75. The molecule has 2 heteroatoms.